The molecule has 144 valence electrons. The van der Waals surface area contributed by atoms with E-state index in [9.17, 15) is 0 Å². The number of hydrogen-bond acceptors (Lipinski definition) is 4. The van der Waals surface area contributed by atoms with E-state index in [1.165, 1.54) is 29.1 Å². The molecule has 0 saturated carbocycles. The standard InChI is InChI=1S/C19H28N4S2.HI/c1-3-20-19(22-14-16-8-5-11-24-16)21-13-15-7-4-10-23(2)18(15)17-9-6-12-25-17;/h5-6,8-9,11-12,15,18H,3-4,7,10,13-14H2,1-2H3,(H2,20,21,22);1H. The Balaban J connectivity index is 0.00000243. The van der Waals surface area contributed by atoms with E-state index in [2.05, 4.69) is 64.5 Å². The van der Waals surface area contributed by atoms with Gasteiger partial charge in [-0.1, -0.05) is 12.1 Å². The zero-order chi connectivity index (χ0) is 17.5. The Kier molecular flexibility index (Phi) is 9.38. The number of guanidine groups is 1. The summed E-state index contributed by atoms with van der Waals surface area (Å²) in [7, 11) is 2.26. The molecule has 2 aromatic heterocycles. The van der Waals surface area contributed by atoms with Crippen LogP contribution in [0, 0.1) is 5.92 Å². The number of rotatable bonds is 6. The molecule has 0 aliphatic carbocycles. The van der Waals surface area contributed by atoms with Crippen LogP contribution in [0.5, 0.6) is 0 Å². The van der Waals surface area contributed by atoms with Gasteiger partial charge in [0.2, 0.25) is 0 Å². The topological polar surface area (TPSA) is 39.7 Å². The van der Waals surface area contributed by atoms with E-state index in [1.807, 2.05) is 11.3 Å². The van der Waals surface area contributed by atoms with Crippen molar-refractivity contribution < 1.29 is 0 Å². The number of thiophene rings is 2. The van der Waals surface area contributed by atoms with Crippen LogP contribution in [0.3, 0.4) is 0 Å². The lowest BCUT2D eigenvalue weighted by atomic mass is 9.88. The van der Waals surface area contributed by atoms with Gasteiger partial charge < -0.3 is 10.6 Å². The van der Waals surface area contributed by atoms with E-state index in [4.69, 9.17) is 4.99 Å². The summed E-state index contributed by atoms with van der Waals surface area (Å²) in [6.45, 7) is 5.89. The van der Waals surface area contributed by atoms with Gasteiger partial charge in [0, 0.05) is 28.9 Å². The molecule has 0 radical (unpaired) electrons. The first-order chi connectivity index (χ1) is 12.3. The first kappa shape index (κ1) is 21.7. The van der Waals surface area contributed by atoms with Crippen LogP contribution in [0.4, 0.5) is 0 Å². The maximum atomic E-state index is 4.74. The molecule has 3 heterocycles. The Morgan fingerprint density at radius 1 is 1.23 bits per heavy atom. The summed E-state index contributed by atoms with van der Waals surface area (Å²) in [5, 5.41) is 11.3. The monoisotopic (exact) mass is 504 g/mol. The molecule has 4 nitrogen and oxygen atoms in total. The first-order valence-corrected chi connectivity index (χ1v) is 10.8. The van der Waals surface area contributed by atoms with E-state index in [0.717, 1.165) is 25.6 Å². The van der Waals surface area contributed by atoms with Crippen molar-refractivity contribution in [2.24, 2.45) is 10.9 Å². The zero-order valence-corrected chi connectivity index (χ0v) is 19.4. The van der Waals surface area contributed by atoms with E-state index in [0.29, 0.717) is 12.0 Å². The maximum Gasteiger partial charge on any atom is 0.191 e. The van der Waals surface area contributed by atoms with Crippen molar-refractivity contribution in [3.8, 4) is 0 Å². The molecule has 2 aromatic rings. The predicted octanol–water partition coefficient (Wildman–Crippen LogP) is 4.57. The lowest BCUT2D eigenvalue weighted by molar-refractivity contribution is 0.125. The summed E-state index contributed by atoms with van der Waals surface area (Å²) >= 11 is 3.64. The normalized spacial score (nSPS) is 21.2. The molecule has 1 fully saturated rings. The Bertz CT molecular complexity index is 643. The van der Waals surface area contributed by atoms with E-state index in [-0.39, 0.29) is 24.0 Å². The van der Waals surface area contributed by atoms with Crippen LogP contribution in [-0.2, 0) is 6.54 Å². The predicted molar refractivity (Wildman–Crippen MR) is 125 cm³/mol. The average Bonchev–Trinajstić information content (AvgIpc) is 3.31. The Hall–Kier alpha value is -0.640. The third-order valence-corrected chi connectivity index (χ3v) is 6.49. The summed E-state index contributed by atoms with van der Waals surface area (Å²) in [5.41, 5.74) is 0. The van der Waals surface area contributed by atoms with Gasteiger partial charge in [0.05, 0.1) is 6.54 Å². The maximum absolute atomic E-state index is 4.74. The molecule has 26 heavy (non-hydrogen) atoms. The second-order valence-corrected chi connectivity index (χ2v) is 8.51. The number of aliphatic imine (C=N–C) groups is 1. The van der Waals surface area contributed by atoms with Gasteiger partial charge in [-0.25, -0.2) is 4.99 Å². The number of piperidine rings is 1. The highest BCUT2D eigenvalue weighted by Crippen LogP contribution is 2.36. The van der Waals surface area contributed by atoms with Crippen LogP contribution in [0.1, 0.15) is 35.6 Å². The Morgan fingerprint density at radius 3 is 2.73 bits per heavy atom. The second-order valence-electron chi connectivity index (χ2n) is 6.50. The smallest absolute Gasteiger partial charge is 0.191 e. The van der Waals surface area contributed by atoms with Crippen LogP contribution >= 0.6 is 46.7 Å². The molecule has 3 rings (SSSR count). The Morgan fingerprint density at radius 2 is 2.04 bits per heavy atom. The molecule has 0 bridgehead atoms. The van der Waals surface area contributed by atoms with E-state index < -0.39 is 0 Å². The van der Waals surface area contributed by atoms with Crippen LogP contribution in [0.2, 0.25) is 0 Å². The minimum atomic E-state index is 0. The van der Waals surface area contributed by atoms with Gasteiger partial charge in [0.1, 0.15) is 0 Å². The van der Waals surface area contributed by atoms with E-state index in [1.54, 1.807) is 11.3 Å². The van der Waals surface area contributed by atoms with Gasteiger partial charge in [-0.05, 0) is 62.2 Å². The molecule has 0 amide bonds. The number of likely N-dealkylation sites (tertiary alicyclic amines) is 1. The zero-order valence-electron chi connectivity index (χ0n) is 15.5. The van der Waals surface area contributed by atoms with Gasteiger partial charge in [0.15, 0.2) is 5.96 Å². The number of hydrogen-bond donors (Lipinski definition) is 2. The quantitative estimate of drug-likeness (QED) is 0.344. The summed E-state index contributed by atoms with van der Waals surface area (Å²) < 4.78 is 0. The van der Waals surface area contributed by atoms with Crippen LogP contribution in [0.25, 0.3) is 0 Å². The summed E-state index contributed by atoms with van der Waals surface area (Å²) in [6, 6.07) is 9.18. The molecule has 2 unspecified atom stereocenters. The van der Waals surface area contributed by atoms with E-state index >= 15 is 0 Å². The lowest BCUT2D eigenvalue weighted by Gasteiger charge is -2.39. The minimum absolute atomic E-state index is 0. The van der Waals surface area contributed by atoms with Crippen LogP contribution < -0.4 is 10.6 Å². The van der Waals surface area contributed by atoms with Crippen LogP contribution in [0.15, 0.2) is 40.0 Å². The summed E-state index contributed by atoms with van der Waals surface area (Å²) in [5.74, 6) is 1.54. The van der Waals surface area contributed by atoms with Gasteiger partial charge in [-0.3, -0.25) is 4.90 Å². The van der Waals surface area contributed by atoms with Crippen molar-refractivity contribution in [1.82, 2.24) is 15.5 Å². The van der Waals surface area contributed by atoms with Crippen molar-refractivity contribution in [2.75, 3.05) is 26.7 Å². The fourth-order valence-corrected chi connectivity index (χ4v) is 5.12. The van der Waals surface area contributed by atoms with Crippen molar-refractivity contribution in [3.63, 3.8) is 0 Å². The number of nitrogens with zero attached hydrogens (tertiary/aromatic N) is 2. The summed E-state index contributed by atoms with van der Waals surface area (Å²) in [4.78, 5) is 10.0. The fraction of sp³-hybridized carbons (Fsp3) is 0.526. The van der Waals surface area contributed by atoms with Gasteiger partial charge in [-0.2, -0.15) is 0 Å². The largest absolute Gasteiger partial charge is 0.357 e. The number of halogens is 1. The molecule has 0 spiro atoms. The van der Waals surface area contributed by atoms with Crippen LogP contribution in [-0.4, -0.2) is 37.5 Å². The minimum Gasteiger partial charge on any atom is -0.357 e. The molecule has 1 aliphatic rings. The second kappa shape index (κ2) is 11.3. The summed E-state index contributed by atoms with van der Waals surface area (Å²) in [6.07, 6.45) is 2.54. The van der Waals surface area contributed by atoms with Crippen molar-refractivity contribution >= 4 is 52.6 Å². The van der Waals surface area contributed by atoms with Gasteiger partial charge in [-0.15, -0.1) is 46.7 Å². The third kappa shape index (κ3) is 5.94. The molecule has 1 saturated heterocycles. The molecular formula is C19H29IN4S2. The van der Waals surface area contributed by atoms with Gasteiger partial charge in [0.25, 0.3) is 0 Å². The molecule has 1 aliphatic heterocycles. The van der Waals surface area contributed by atoms with Crippen molar-refractivity contribution in [2.45, 2.75) is 32.4 Å². The van der Waals surface area contributed by atoms with Crippen molar-refractivity contribution in [3.05, 3.63) is 44.8 Å². The molecule has 2 atom stereocenters. The highest BCUT2D eigenvalue weighted by molar-refractivity contribution is 14.0. The highest BCUT2D eigenvalue weighted by atomic mass is 127. The van der Waals surface area contributed by atoms with Gasteiger partial charge >= 0.3 is 0 Å². The molecule has 2 N–H and O–H groups in total. The lowest BCUT2D eigenvalue weighted by Crippen LogP contribution is -2.44. The fourth-order valence-electron chi connectivity index (χ4n) is 3.51. The SMILES string of the molecule is CCNC(=NCc1cccs1)NCC1CCCN(C)C1c1cccs1.I. The Labute approximate surface area is 182 Å². The molecule has 0 aromatic carbocycles. The first-order valence-electron chi connectivity index (χ1n) is 9.06. The number of nitrogens with one attached hydrogen (secondary N) is 2. The average molecular weight is 505 g/mol. The van der Waals surface area contributed by atoms with Crippen molar-refractivity contribution in [1.29, 1.82) is 0 Å². The highest BCUT2D eigenvalue weighted by Gasteiger charge is 2.31. The molecule has 7 heteroatoms. The molecular weight excluding hydrogens is 475 g/mol. The third-order valence-electron chi connectivity index (χ3n) is 4.69.